The molecule has 0 bridgehead atoms. The standard InChI is InChI=1S/C31H29N5O2/c1-3-4-5-10-23(31(37)35-27-15-13-21-9-6-7-12-25(21)27)20-33-30-26-18-24(38-2)14-16-28(26)34-29(36-30)22-11-8-17-32-19-22/h3-12,14,16-19,27H,1,13,15,20H2,2H3,(H,35,37)(H,33,34,36)/b5-4-,23-10+. The minimum atomic E-state index is -0.128. The number of rotatable bonds is 9. The number of allylic oxidation sites excluding steroid dienone is 4. The summed E-state index contributed by atoms with van der Waals surface area (Å²) in [5.41, 5.74) is 4.61. The van der Waals surface area contributed by atoms with Gasteiger partial charge >= 0.3 is 0 Å². The maximum atomic E-state index is 13.4. The lowest BCUT2D eigenvalue weighted by Crippen LogP contribution is -2.31. The van der Waals surface area contributed by atoms with Crippen molar-refractivity contribution in [1.29, 1.82) is 0 Å². The maximum Gasteiger partial charge on any atom is 0.249 e. The van der Waals surface area contributed by atoms with Gasteiger partial charge in [0, 0.05) is 35.5 Å². The van der Waals surface area contributed by atoms with Gasteiger partial charge in [-0.2, -0.15) is 0 Å². The van der Waals surface area contributed by atoms with E-state index < -0.39 is 0 Å². The molecule has 0 saturated heterocycles. The topological polar surface area (TPSA) is 89.0 Å². The molecule has 0 fully saturated rings. The summed E-state index contributed by atoms with van der Waals surface area (Å²) in [7, 11) is 1.62. The van der Waals surface area contributed by atoms with E-state index >= 15 is 0 Å². The van der Waals surface area contributed by atoms with E-state index in [1.54, 1.807) is 37.7 Å². The molecule has 0 radical (unpaired) electrons. The van der Waals surface area contributed by atoms with E-state index in [0.29, 0.717) is 23.0 Å². The number of carbonyl (C=O) groups is 1. The quantitative estimate of drug-likeness (QED) is 0.229. The second-order valence-electron chi connectivity index (χ2n) is 8.95. The zero-order valence-electron chi connectivity index (χ0n) is 21.2. The van der Waals surface area contributed by atoms with Gasteiger partial charge in [0.15, 0.2) is 5.82 Å². The van der Waals surface area contributed by atoms with Crippen LogP contribution in [-0.2, 0) is 11.2 Å². The summed E-state index contributed by atoms with van der Waals surface area (Å²) in [6.45, 7) is 3.99. The number of hydrogen-bond donors (Lipinski definition) is 2. The zero-order valence-corrected chi connectivity index (χ0v) is 21.2. The molecule has 1 aliphatic carbocycles. The molecule has 2 heterocycles. The van der Waals surface area contributed by atoms with Crippen molar-refractivity contribution in [1.82, 2.24) is 20.3 Å². The molecule has 38 heavy (non-hydrogen) atoms. The Morgan fingerprint density at radius 3 is 2.84 bits per heavy atom. The number of aryl methyl sites for hydroxylation is 1. The molecule has 1 atom stereocenters. The van der Waals surface area contributed by atoms with Gasteiger partial charge in [-0.3, -0.25) is 9.78 Å². The SMILES string of the molecule is C=C/C=C\C=C(/CNc1nc(-c2cccnc2)nc2ccc(OC)cc12)C(=O)NC1CCc2ccccc21. The summed E-state index contributed by atoms with van der Waals surface area (Å²) < 4.78 is 5.44. The van der Waals surface area contributed by atoms with E-state index in [2.05, 4.69) is 34.3 Å². The minimum absolute atomic E-state index is 0.00758. The highest BCUT2D eigenvalue weighted by Crippen LogP contribution is 2.31. The first kappa shape index (κ1) is 24.9. The van der Waals surface area contributed by atoms with Crippen LogP contribution in [0.1, 0.15) is 23.6 Å². The Morgan fingerprint density at radius 2 is 2.03 bits per heavy atom. The van der Waals surface area contributed by atoms with Crippen molar-refractivity contribution in [2.45, 2.75) is 18.9 Å². The minimum Gasteiger partial charge on any atom is -0.497 e. The van der Waals surface area contributed by atoms with Gasteiger partial charge in [0.1, 0.15) is 11.6 Å². The van der Waals surface area contributed by atoms with E-state index in [9.17, 15) is 4.79 Å². The molecule has 2 aromatic carbocycles. The molecular weight excluding hydrogens is 474 g/mol. The van der Waals surface area contributed by atoms with E-state index in [1.807, 2.05) is 48.5 Å². The van der Waals surface area contributed by atoms with Gasteiger partial charge in [-0.15, -0.1) is 0 Å². The van der Waals surface area contributed by atoms with Crippen LogP contribution in [0.4, 0.5) is 5.82 Å². The molecular formula is C31H29N5O2. The van der Waals surface area contributed by atoms with Crippen molar-refractivity contribution in [2.24, 2.45) is 0 Å². The van der Waals surface area contributed by atoms with Crippen LogP contribution in [-0.4, -0.2) is 34.5 Å². The lowest BCUT2D eigenvalue weighted by molar-refractivity contribution is -0.118. The molecule has 0 spiro atoms. The lowest BCUT2D eigenvalue weighted by atomic mass is 10.1. The van der Waals surface area contributed by atoms with E-state index in [1.165, 1.54) is 11.1 Å². The lowest BCUT2D eigenvalue weighted by Gasteiger charge is -2.17. The van der Waals surface area contributed by atoms with Crippen molar-refractivity contribution >= 4 is 22.6 Å². The first-order valence-corrected chi connectivity index (χ1v) is 12.5. The fourth-order valence-corrected chi connectivity index (χ4v) is 4.60. The molecule has 7 nitrogen and oxygen atoms in total. The zero-order chi connectivity index (χ0) is 26.3. The third kappa shape index (κ3) is 5.47. The summed E-state index contributed by atoms with van der Waals surface area (Å²) in [4.78, 5) is 27.2. The van der Waals surface area contributed by atoms with E-state index in [0.717, 1.165) is 29.3 Å². The van der Waals surface area contributed by atoms with Crippen LogP contribution >= 0.6 is 0 Å². The van der Waals surface area contributed by atoms with Crippen LogP contribution in [0.2, 0.25) is 0 Å². The summed E-state index contributed by atoms with van der Waals surface area (Å²) in [5.74, 6) is 1.71. The number of methoxy groups -OCH3 is 1. The maximum absolute atomic E-state index is 13.4. The molecule has 1 amide bonds. The fraction of sp³-hybridized carbons (Fsp3) is 0.161. The van der Waals surface area contributed by atoms with Crippen LogP contribution in [0.15, 0.2) is 103 Å². The molecule has 5 rings (SSSR count). The number of benzene rings is 2. The molecule has 1 unspecified atom stereocenters. The molecule has 4 aromatic rings. The Labute approximate surface area is 222 Å². The Kier molecular flexibility index (Phi) is 7.54. The first-order chi connectivity index (χ1) is 18.7. The summed E-state index contributed by atoms with van der Waals surface area (Å²) in [6, 6.07) is 17.7. The fourth-order valence-electron chi connectivity index (χ4n) is 4.60. The van der Waals surface area contributed by atoms with E-state index in [4.69, 9.17) is 14.7 Å². The van der Waals surface area contributed by atoms with Crippen LogP contribution in [0.25, 0.3) is 22.3 Å². The van der Waals surface area contributed by atoms with Gasteiger partial charge in [0.25, 0.3) is 0 Å². The number of ether oxygens (including phenoxy) is 1. The van der Waals surface area contributed by atoms with Gasteiger partial charge < -0.3 is 15.4 Å². The Hall–Kier alpha value is -4.78. The molecule has 0 saturated carbocycles. The number of pyridine rings is 1. The van der Waals surface area contributed by atoms with Crippen LogP contribution in [0.5, 0.6) is 5.75 Å². The van der Waals surface area contributed by atoms with Crippen molar-refractivity contribution in [3.05, 3.63) is 115 Å². The van der Waals surface area contributed by atoms with Gasteiger partial charge in [-0.05, 0) is 54.3 Å². The number of carbonyl (C=O) groups excluding carboxylic acids is 1. The second-order valence-corrected chi connectivity index (χ2v) is 8.95. The Bertz CT molecular complexity index is 1530. The predicted octanol–water partition coefficient (Wildman–Crippen LogP) is 5.58. The summed E-state index contributed by atoms with van der Waals surface area (Å²) in [6.07, 6.45) is 12.4. The molecule has 7 heteroatoms. The average molecular weight is 504 g/mol. The molecule has 2 N–H and O–H groups in total. The first-order valence-electron chi connectivity index (χ1n) is 12.5. The highest BCUT2D eigenvalue weighted by molar-refractivity contribution is 5.96. The highest BCUT2D eigenvalue weighted by Gasteiger charge is 2.24. The van der Waals surface area contributed by atoms with Gasteiger partial charge in [0.2, 0.25) is 5.91 Å². The molecule has 0 aliphatic heterocycles. The number of hydrogen-bond acceptors (Lipinski definition) is 6. The smallest absolute Gasteiger partial charge is 0.249 e. The average Bonchev–Trinajstić information content (AvgIpc) is 3.37. The number of nitrogens with one attached hydrogen (secondary N) is 2. The van der Waals surface area contributed by atoms with Gasteiger partial charge in [-0.25, -0.2) is 9.97 Å². The summed E-state index contributed by atoms with van der Waals surface area (Å²) >= 11 is 0. The molecule has 190 valence electrons. The number of fused-ring (bicyclic) bond motifs is 2. The summed E-state index contributed by atoms with van der Waals surface area (Å²) in [5, 5.41) is 7.40. The van der Waals surface area contributed by atoms with Crippen LogP contribution < -0.4 is 15.4 Å². The largest absolute Gasteiger partial charge is 0.497 e. The number of nitrogens with zero attached hydrogens (tertiary/aromatic N) is 3. The number of aromatic nitrogens is 3. The predicted molar refractivity (Wildman–Crippen MR) is 151 cm³/mol. The van der Waals surface area contributed by atoms with Crippen LogP contribution in [0, 0.1) is 0 Å². The second kappa shape index (κ2) is 11.5. The van der Waals surface area contributed by atoms with Crippen LogP contribution in [0.3, 0.4) is 0 Å². The monoisotopic (exact) mass is 503 g/mol. The normalized spacial score (nSPS) is 14.9. The third-order valence-electron chi connectivity index (χ3n) is 6.54. The van der Waals surface area contributed by atoms with Gasteiger partial charge in [-0.1, -0.05) is 55.1 Å². The number of amides is 1. The molecule has 2 aromatic heterocycles. The van der Waals surface area contributed by atoms with Crippen molar-refractivity contribution < 1.29 is 9.53 Å². The van der Waals surface area contributed by atoms with Crippen molar-refractivity contribution in [3.63, 3.8) is 0 Å². The van der Waals surface area contributed by atoms with E-state index in [-0.39, 0.29) is 18.5 Å². The Balaban J connectivity index is 1.44. The van der Waals surface area contributed by atoms with Crippen molar-refractivity contribution in [2.75, 3.05) is 19.0 Å². The van der Waals surface area contributed by atoms with Crippen molar-refractivity contribution in [3.8, 4) is 17.1 Å². The van der Waals surface area contributed by atoms with Gasteiger partial charge in [0.05, 0.1) is 18.7 Å². The Morgan fingerprint density at radius 1 is 1.13 bits per heavy atom. The highest BCUT2D eigenvalue weighted by atomic mass is 16.5. The number of anilines is 1. The molecule has 1 aliphatic rings. The third-order valence-corrected chi connectivity index (χ3v) is 6.54.